The maximum absolute atomic E-state index is 13.8. The lowest BCUT2D eigenvalue weighted by Gasteiger charge is -2.31. The number of hydrogen-bond acceptors (Lipinski definition) is 7. The van der Waals surface area contributed by atoms with Crippen LogP contribution in [0.1, 0.15) is 48.0 Å². The molecule has 0 unspecified atom stereocenters. The van der Waals surface area contributed by atoms with Crippen molar-refractivity contribution >= 4 is 28.5 Å². The summed E-state index contributed by atoms with van der Waals surface area (Å²) in [5.74, 6) is 0.993. The second-order valence-electron chi connectivity index (χ2n) is 9.16. The van der Waals surface area contributed by atoms with E-state index < -0.39 is 6.04 Å². The largest absolute Gasteiger partial charge is 0.490 e. The summed E-state index contributed by atoms with van der Waals surface area (Å²) in [6.07, 6.45) is 0.865. The van der Waals surface area contributed by atoms with E-state index >= 15 is 0 Å². The summed E-state index contributed by atoms with van der Waals surface area (Å²) >= 11 is 6.20. The molecular formula is C28H31ClN2O6. The van der Waals surface area contributed by atoms with Gasteiger partial charge in [-0.1, -0.05) is 24.6 Å². The van der Waals surface area contributed by atoms with Crippen molar-refractivity contribution < 1.29 is 23.4 Å². The Bertz CT molecular complexity index is 1350. The van der Waals surface area contributed by atoms with Crippen LogP contribution >= 0.6 is 11.6 Å². The van der Waals surface area contributed by atoms with E-state index in [2.05, 4.69) is 4.90 Å². The predicted octanol–water partition coefficient (Wildman–Crippen LogP) is 4.51. The summed E-state index contributed by atoms with van der Waals surface area (Å²) in [7, 11) is 0. The van der Waals surface area contributed by atoms with Gasteiger partial charge in [-0.3, -0.25) is 14.5 Å². The number of hydrogen-bond donors (Lipinski definition) is 0. The molecule has 0 N–H and O–H groups in total. The van der Waals surface area contributed by atoms with Crippen molar-refractivity contribution in [1.29, 1.82) is 0 Å². The first-order valence-electron chi connectivity index (χ1n) is 12.8. The van der Waals surface area contributed by atoms with Gasteiger partial charge in [0.25, 0.3) is 5.91 Å². The van der Waals surface area contributed by atoms with Gasteiger partial charge in [0.1, 0.15) is 5.58 Å². The molecule has 8 nitrogen and oxygen atoms in total. The van der Waals surface area contributed by atoms with Crippen molar-refractivity contribution in [3.8, 4) is 11.5 Å². The highest BCUT2D eigenvalue weighted by atomic mass is 35.5. The standard InChI is InChI=1S/C28H31ClN2O6/c1-3-13-36-22-7-5-18(16-23(22)35-4-2)25-24-26(32)20-17-19(29)6-8-21(20)37-27(24)28(33)31(25)10-9-30-11-14-34-15-12-30/h5-8,16-17,25H,3-4,9-15H2,1-2H3/t25-/m1/s1. The maximum atomic E-state index is 13.8. The first-order valence-corrected chi connectivity index (χ1v) is 13.2. The van der Waals surface area contributed by atoms with E-state index in [1.165, 1.54) is 0 Å². The zero-order chi connectivity index (χ0) is 25.9. The number of amides is 1. The molecule has 3 aromatic rings. The van der Waals surface area contributed by atoms with Crippen LogP contribution in [-0.4, -0.2) is 68.3 Å². The van der Waals surface area contributed by atoms with E-state index in [4.69, 9.17) is 30.2 Å². The SMILES string of the molecule is CCCOc1ccc([C@@H]2c3c(oc4ccc(Cl)cc4c3=O)C(=O)N2CCN2CCOCC2)cc1OCC. The molecule has 0 aliphatic carbocycles. The Labute approximate surface area is 220 Å². The molecule has 0 spiro atoms. The quantitative estimate of drug-likeness (QED) is 0.405. The van der Waals surface area contributed by atoms with Crippen LogP contribution in [0.25, 0.3) is 11.0 Å². The van der Waals surface area contributed by atoms with Crippen molar-refractivity contribution in [3.05, 3.63) is 68.5 Å². The lowest BCUT2D eigenvalue weighted by Crippen LogP contribution is -2.42. The summed E-state index contributed by atoms with van der Waals surface area (Å²) in [5, 5.41) is 0.785. The summed E-state index contributed by atoms with van der Waals surface area (Å²) in [5.41, 5.74) is 1.17. The second-order valence-corrected chi connectivity index (χ2v) is 9.59. The van der Waals surface area contributed by atoms with Gasteiger partial charge in [-0.2, -0.15) is 0 Å². The van der Waals surface area contributed by atoms with Crippen molar-refractivity contribution in [2.45, 2.75) is 26.3 Å². The van der Waals surface area contributed by atoms with E-state index in [0.29, 0.717) is 72.6 Å². The van der Waals surface area contributed by atoms with Crippen molar-refractivity contribution in [1.82, 2.24) is 9.80 Å². The van der Waals surface area contributed by atoms with Crippen LogP contribution in [0.2, 0.25) is 5.02 Å². The monoisotopic (exact) mass is 526 g/mol. The van der Waals surface area contributed by atoms with E-state index in [1.807, 2.05) is 32.0 Å². The third kappa shape index (κ3) is 5.06. The third-order valence-corrected chi connectivity index (χ3v) is 6.97. The van der Waals surface area contributed by atoms with E-state index in [-0.39, 0.29) is 17.1 Å². The Hall–Kier alpha value is -3.07. The molecule has 3 heterocycles. The summed E-state index contributed by atoms with van der Waals surface area (Å²) in [6, 6.07) is 9.85. The topological polar surface area (TPSA) is 81.5 Å². The Morgan fingerprint density at radius 3 is 2.57 bits per heavy atom. The van der Waals surface area contributed by atoms with Gasteiger partial charge in [-0.05, 0) is 49.2 Å². The molecule has 2 aliphatic rings. The van der Waals surface area contributed by atoms with Crippen LogP contribution in [0.4, 0.5) is 0 Å². The van der Waals surface area contributed by atoms with Crippen LogP contribution < -0.4 is 14.9 Å². The molecule has 9 heteroatoms. The molecule has 1 amide bonds. The molecule has 196 valence electrons. The lowest BCUT2D eigenvalue weighted by molar-refractivity contribution is 0.0314. The van der Waals surface area contributed by atoms with Gasteiger partial charge in [0, 0.05) is 31.2 Å². The number of carbonyl (C=O) groups is 1. The average Bonchev–Trinajstić information content (AvgIpc) is 3.19. The highest BCUT2D eigenvalue weighted by Gasteiger charge is 2.43. The normalized spacial score (nSPS) is 17.9. The molecule has 1 atom stereocenters. The van der Waals surface area contributed by atoms with Gasteiger partial charge in [0.2, 0.25) is 5.76 Å². The maximum Gasteiger partial charge on any atom is 0.290 e. The highest BCUT2D eigenvalue weighted by Crippen LogP contribution is 2.41. The minimum atomic E-state index is -0.623. The van der Waals surface area contributed by atoms with Crippen LogP contribution in [0.5, 0.6) is 11.5 Å². The molecule has 0 radical (unpaired) electrons. The van der Waals surface area contributed by atoms with Gasteiger partial charge in [0.15, 0.2) is 16.9 Å². The Kier molecular flexibility index (Phi) is 7.69. The first kappa shape index (κ1) is 25.6. The fraction of sp³-hybridized carbons (Fsp3) is 0.429. The number of rotatable bonds is 9. The Balaban J connectivity index is 1.60. The summed E-state index contributed by atoms with van der Waals surface area (Å²) < 4.78 is 23.3. The van der Waals surface area contributed by atoms with Gasteiger partial charge in [-0.25, -0.2) is 0 Å². The fourth-order valence-corrected chi connectivity index (χ4v) is 5.11. The van der Waals surface area contributed by atoms with Crippen molar-refractivity contribution in [2.75, 3.05) is 52.6 Å². The molecule has 1 aromatic heterocycles. The summed E-state index contributed by atoms with van der Waals surface area (Å²) in [6.45, 7) is 9.00. The highest BCUT2D eigenvalue weighted by molar-refractivity contribution is 6.31. The molecule has 37 heavy (non-hydrogen) atoms. The zero-order valence-electron chi connectivity index (χ0n) is 21.1. The van der Waals surface area contributed by atoms with Crippen molar-refractivity contribution in [2.24, 2.45) is 0 Å². The van der Waals surface area contributed by atoms with Crippen molar-refractivity contribution in [3.63, 3.8) is 0 Å². The minimum absolute atomic E-state index is 0.0797. The molecule has 2 aliphatic heterocycles. The molecule has 1 fully saturated rings. The van der Waals surface area contributed by atoms with Crippen LogP contribution in [-0.2, 0) is 4.74 Å². The Morgan fingerprint density at radius 2 is 1.81 bits per heavy atom. The van der Waals surface area contributed by atoms with Gasteiger partial charge < -0.3 is 23.5 Å². The van der Waals surface area contributed by atoms with Gasteiger partial charge in [0.05, 0.1) is 43.4 Å². The number of carbonyl (C=O) groups excluding carboxylic acids is 1. The van der Waals surface area contributed by atoms with E-state index in [1.54, 1.807) is 23.1 Å². The van der Waals surface area contributed by atoms with Gasteiger partial charge >= 0.3 is 0 Å². The third-order valence-electron chi connectivity index (χ3n) is 6.73. The number of ether oxygens (including phenoxy) is 3. The van der Waals surface area contributed by atoms with Crippen LogP contribution in [0.3, 0.4) is 0 Å². The Morgan fingerprint density at radius 1 is 1.00 bits per heavy atom. The molecule has 1 saturated heterocycles. The molecule has 0 saturated carbocycles. The number of nitrogens with zero attached hydrogens (tertiary/aromatic N) is 2. The zero-order valence-corrected chi connectivity index (χ0v) is 21.9. The molecule has 5 rings (SSSR count). The van der Waals surface area contributed by atoms with Crippen LogP contribution in [0.15, 0.2) is 45.6 Å². The number of morpholine rings is 1. The smallest absolute Gasteiger partial charge is 0.290 e. The van der Waals surface area contributed by atoms with Gasteiger partial charge in [-0.15, -0.1) is 0 Å². The molecular weight excluding hydrogens is 496 g/mol. The minimum Gasteiger partial charge on any atom is -0.490 e. The lowest BCUT2D eigenvalue weighted by atomic mass is 9.98. The molecule has 2 aromatic carbocycles. The number of benzene rings is 2. The molecule has 0 bridgehead atoms. The fourth-order valence-electron chi connectivity index (χ4n) is 4.94. The van der Waals surface area contributed by atoms with E-state index in [0.717, 1.165) is 25.1 Å². The predicted molar refractivity (Wildman–Crippen MR) is 141 cm³/mol. The second kappa shape index (κ2) is 11.1. The van der Waals surface area contributed by atoms with Crippen LogP contribution in [0, 0.1) is 0 Å². The number of fused-ring (bicyclic) bond motifs is 2. The number of halogens is 1. The first-order chi connectivity index (χ1) is 18.0. The van der Waals surface area contributed by atoms with E-state index in [9.17, 15) is 9.59 Å². The summed E-state index contributed by atoms with van der Waals surface area (Å²) in [4.78, 5) is 31.5. The average molecular weight is 527 g/mol.